The van der Waals surface area contributed by atoms with E-state index in [-0.39, 0.29) is 23.8 Å². The highest BCUT2D eigenvalue weighted by molar-refractivity contribution is 5.99. The molecule has 0 unspecified atom stereocenters. The van der Waals surface area contributed by atoms with E-state index in [2.05, 4.69) is 0 Å². The maximum Gasteiger partial charge on any atom is 0.341 e. The molecule has 0 saturated carbocycles. The molecule has 0 radical (unpaired) electrons. The van der Waals surface area contributed by atoms with Gasteiger partial charge in [-0.25, -0.2) is 9.18 Å². The number of ether oxygens (including phenoxy) is 2. The Labute approximate surface area is 127 Å². The van der Waals surface area contributed by atoms with Crippen molar-refractivity contribution in [3.05, 3.63) is 65.0 Å². The van der Waals surface area contributed by atoms with E-state index in [1.807, 2.05) is 0 Å². The summed E-state index contributed by atoms with van der Waals surface area (Å²) in [6.07, 6.45) is 0. The van der Waals surface area contributed by atoms with Crippen LogP contribution in [-0.4, -0.2) is 18.9 Å². The van der Waals surface area contributed by atoms with Gasteiger partial charge < -0.3 is 9.47 Å². The number of esters is 1. The van der Waals surface area contributed by atoms with Crippen LogP contribution in [0.4, 0.5) is 4.39 Å². The molecule has 0 N–H and O–H groups in total. The van der Waals surface area contributed by atoms with E-state index in [4.69, 9.17) is 9.47 Å². The summed E-state index contributed by atoms with van der Waals surface area (Å²) in [4.78, 5) is 23.2. The smallest absolute Gasteiger partial charge is 0.341 e. The summed E-state index contributed by atoms with van der Waals surface area (Å²) in [7, 11) is 1.26. The number of carbonyl (C=O) groups is 2. The van der Waals surface area contributed by atoms with Crippen LogP contribution >= 0.6 is 0 Å². The van der Waals surface area contributed by atoms with Crippen molar-refractivity contribution in [1.29, 1.82) is 0 Å². The highest BCUT2D eigenvalue weighted by Crippen LogP contribution is 2.23. The second-order valence-electron chi connectivity index (χ2n) is 4.67. The third-order valence-electron chi connectivity index (χ3n) is 3.10. The summed E-state index contributed by atoms with van der Waals surface area (Å²) in [5, 5.41) is 0. The fourth-order valence-corrected chi connectivity index (χ4v) is 1.89. The molecule has 22 heavy (non-hydrogen) atoms. The second kappa shape index (κ2) is 6.85. The third-order valence-corrected chi connectivity index (χ3v) is 3.10. The van der Waals surface area contributed by atoms with Gasteiger partial charge in [-0.3, -0.25) is 4.79 Å². The lowest BCUT2D eigenvalue weighted by Crippen LogP contribution is -2.07. The molecule has 0 saturated heterocycles. The number of hydrogen-bond acceptors (Lipinski definition) is 4. The van der Waals surface area contributed by atoms with Crippen molar-refractivity contribution in [2.24, 2.45) is 0 Å². The molecule has 0 spiro atoms. The van der Waals surface area contributed by atoms with Crippen molar-refractivity contribution in [2.75, 3.05) is 7.11 Å². The largest absolute Gasteiger partial charge is 0.488 e. The molecule has 0 heterocycles. The van der Waals surface area contributed by atoms with Crippen molar-refractivity contribution in [1.82, 2.24) is 0 Å². The molecule has 5 heteroatoms. The van der Waals surface area contributed by atoms with E-state index in [0.717, 1.165) is 5.56 Å². The molecule has 0 aliphatic carbocycles. The Kier molecular flexibility index (Phi) is 4.88. The molecule has 2 aromatic rings. The number of methoxy groups -OCH3 is 1. The van der Waals surface area contributed by atoms with Gasteiger partial charge in [-0.1, -0.05) is 12.1 Å². The Hall–Kier alpha value is -2.69. The minimum absolute atomic E-state index is 0.157. The van der Waals surface area contributed by atoms with Gasteiger partial charge in [0.15, 0.2) is 5.78 Å². The van der Waals surface area contributed by atoms with Gasteiger partial charge in [-0.15, -0.1) is 0 Å². The molecule has 0 amide bonds. The predicted octanol–water partition coefficient (Wildman–Crippen LogP) is 3.39. The van der Waals surface area contributed by atoms with Crippen LogP contribution in [0.3, 0.4) is 0 Å². The van der Waals surface area contributed by atoms with Crippen molar-refractivity contribution in [2.45, 2.75) is 13.5 Å². The first-order valence-corrected chi connectivity index (χ1v) is 6.62. The van der Waals surface area contributed by atoms with Gasteiger partial charge in [0, 0.05) is 5.56 Å². The molecule has 0 aliphatic heterocycles. The van der Waals surface area contributed by atoms with Gasteiger partial charge in [0.05, 0.1) is 7.11 Å². The number of ketones is 1. The van der Waals surface area contributed by atoms with Crippen LogP contribution in [0.5, 0.6) is 5.75 Å². The number of halogens is 1. The summed E-state index contributed by atoms with van der Waals surface area (Å²) in [6, 6.07) is 10.4. The van der Waals surface area contributed by atoms with E-state index in [1.54, 1.807) is 24.3 Å². The van der Waals surface area contributed by atoms with Crippen molar-refractivity contribution >= 4 is 11.8 Å². The first kappa shape index (κ1) is 15.7. The Morgan fingerprint density at radius 3 is 2.36 bits per heavy atom. The van der Waals surface area contributed by atoms with Crippen LogP contribution in [0, 0.1) is 5.82 Å². The summed E-state index contributed by atoms with van der Waals surface area (Å²) in [5.74, 6) is -0.765. The molecular formula is C17H15FO4. The van der Waals surface area contributed by atoms with E-state index in [9.17, 15) is 14.0 Å². The quantitative estimate of drug-likeness (QED) is 0.627. The lowest BCUT2D eigenvalue weighted by Gasteiger charge is -2.11. The molecule has 0 fully saturated rings. The highest BCUT2D eigenvalue weighted by Gasteiger charge is 2.15. The minimum atomic E-state index is -0.586. The maximum absolute atomic E-state index is 12.9. The van der Waals surface area contributed by atoms with E-state index < -0.39 is 5.97 Å². The standard InChI is InChI=1S/C17H15FO4/c1-11(19)13-5-8-16(15(9-13)17(20)21-2)22-10-12-3-6-14(18)7-4-12/h3-9H,10H2,1-2H3. The Balaban J connectivity index is 2.23. The second-order valence-corrected chi connectivity index (χ2v) is 4.67. The van der Waals surface area contributed by atoms with Gasteiger partial charge in [0.25, 0.3) is 0 Å². The predicted molar refractivity (Wildman–Crippen MR) is 78.5 cm³/mol. The van der Waals surface area contributed by atoms with Crippen molar-refractivity contribution in [3.63, 3.8) is 0 Å². The zero-order valence-electron chi connectivity index (χ0n) is 12.3. The Bertz CT molecular complexity index is 692. The van der Waals surface area contributed by atoms with Crippen molar-refractivity contribution in [3.8, 4) is 5.75 Å². The van der Waals surface area contributed by atoms with Crippen LogP contribution in [0.15, 0.2) is 42.5 Å². The van der Waals surface area contributed by atoms with E-state index in [1.165, 1.54) is 32.2 Å². The molecule has 0 bridgehead atoms. The average molecular weight is 302 g/mol. The molecule has 0 aliphatic rings. The fourth-order valence-electron chi connectivity index (χ4n) is 1.89. The van der Waals surface area contributed by atoms with Crippen LogP contribution < -0.4 is 4.74 Å². The Morgan fingerprint density at radius 1 is 1.09 bits per heavy atom. The lowest BCUT2D eigenvalue weighted by atomic mass is 10.1. The maximum atomic E-state index is 12.9. The fraction of sp³-hybridized carbons (Fsp3) is 0.176. The molecule has 0 atom stereocenters. The Morgan fingerprint density at radius 2 is 1.77 bits per heavy atom. The molecule has 2 aromatic carbocycles. The van der Waals surface area contributed by atoms with Crippen molar-refractivity contribution < 1.29 is 23.5 Å². The summed E-state index contributed by atoms with van der Waals surface area (Å²) >= 11 is 0. The molecule has 4 nitrogen and oxygen atoms in total. The summed E-state index contributed by atoms with van der Waals surface area (Å²) < 4.78 is 23.1. The number of benzene rings is 2. The lowest BCUT2D eigenvalue weighted by molar-refractivity contribution is 0.0595. The molecule has 0 aromatic heterocycles. The van der Waals surface area contributed by atoms with Gasteiger partial charge >= 0.3 is 5.97 Å². The van der Waals surface area contributed by atoms with Crippen LogP contribution in [0.2, 0.25) is 0 Å². The van der Waals surface area contributed by atoms with Crippen LogP contribution in [0.25, 0.3) is 0 Å². The number of hydrogen-bond donors (Lipinski definition) is 0. The number of carbonyl (C=O) groups excluding carboxylic acids is 2. The van der Waals surface area contributed by atoms with Gasteiger partial charge in [0.1, 0.15) is 23.7 Å². The first-order valence-electron chi connectivity index (χ1n) is 6.62. The molecule has 2 rings (SSSR count). The molecule has 114 valence electrons. The minimum Gasteiger partial charge on any atom is -0.488 e. The highest BCUT2D eigenvalue weighted by atomic mass is 19.1. The SMILES string of the molecule is COC(=O)c1cc(C(C)=O)ccc1OCc1ccc(F)cc1. The van der Waals surface area contributed by atoms with E-state index in [0.29, 0.717) is 11.3 Å². The average Bonchev–Trinajstić information content (AvgIpc) is 2.53. The van der Waals surface area contributed by atoms with Gasteiger partial charge in [0.2, 0.25) is 0 Å². The normalized spacial score (nSPS) is 10.1. The first-order chi connectivity index (χ1) is 10.5. The van der Waals surface area contributed by atoms with Crippen LogP contribution in [-0.2, 0) is 11.3 Å². The zero-order chi connectivity index (χ0) is 16.1. The summed E-state index contributed by atoms with van der Waals surface area (Å²) in [6.45, 7) is 1.58. The third kappa shape index (κ3) is 3.69. The van der Waals surface area contributed by atoms with Gasteiger partial charge in [-0.05, 0) is 42.8 Å². The topological polar surface area (TPSA) is 52.6 Å². The van der Waals surface area contributed by atoms with E-state index >= 15 is 0 Å². The van der Waals surface area contributed by atoms with Gasteiger partial charge in [-0.2, -0.15) is 0 Å². The number of Topliss-reactive ketones (excluding diaryl/α,β-unsaturated/α-hetero) is 1. The zero-order valence-corrected chi connectivity index (χ0v) is 12.3. The summed E-state index contributed by atoms with van der Waals surface area (Å²) in [5.41, 5.74) is 1.33. The monoisotopic (exact) mass is 302 g/mol. The molecular weight excluding hydrogens is 287 g/mol. The van der Waals surface area contributed by atoms with Crippen LogP contribution in [0.1, 0.15) is 33.2 Å². The number of rotatable bonds is 5.